The first kappa shape index (κ1) is 15.4. The van der Waals surface area contributed by atoms with Crippen LogP contribution in [0.25, 0.3) is 0 Å². The maximum Gasteiger partial charge on any atom is 0.234 e. The van der Waals surface area contributed by atoms with E-state index in [0.717, 1.165) is 26.1 Å². The van der Waals surface area contributed by atoms with Crippen LogP contribution in [-0.2, 0) is 9.53 Å². The largest absolute Gasteiger partial charge is 0.379 e. The van der Waals surface area contributed by atoms with E-state index in [1.807, 2.05) is 13.8 Å². The topological polar surface area (TPSA) is 41.6 Å². The van der Waals surface area contributed by atoms with Crippen molar-refractivity contribution >= 4 is 5.91 Å². The highest BCUT2D eigenvalue weighted by atomic mass is 16.5. The van der Waals surface area contributed by atoms with Crippen LogP contribution in [0.4, 0.5) is 0 Å². The number of amides is 1. The van der Waals surface area contributed by atoms with Gasteiger partial charge >= 0.3 is 0 Å². The van der Waals surface area contributed by atoms with Gasteiger partial charge in [-0.3, -0.25) is 9.69 Å². The van der Waals surface area contributed by atoms with E-state index in [4.69, 9.17) is 4.74 Å². The van der Waals surface area contributed by atoms with Crippen molar-refractivity contribution < 1.29 is 9.53 Å². The summed E-state index contributed by atoms with van der Waals surface area (Å²) in [5.41, 5.74) is 0. The lowest BCUT2D eigenvalue weighted by Crippen LogP contribution is -2.39. The van der Waals surface area contributed by atoms with E-state index in [1.165, 1.54) is 6.42 Å². The van der Waals surface area contributed by atoms with E-state index < -0.39 is 0 Å². The van der Waals surface area contributed by atoms with Gasteiger partial charge in [-0.25, -0.2) is 0 Å². The Kier molecular flexibility index (Phi) is 6.65. The molecule has 1 aliphatic heterocycles. The molecule has 0 aromatic rings. The molecule has 4 heteroatoms. The van der Waals surface area contributed by atoms with Crippen LogP contribution in [0.3, 0.4) is 0 Å². The van der Waals surface area contributed by atoms with Gasteiger partial charge in [0, 0.05) is 19.2 Å². The van der Waals surface area contributed by atoms with Gasteiger partial charge in [-0.15, -0.1) is 0 Å². The zero-order valence-electron chi connectivity index (χ0n) is 12.2. The summed E-state index contributed by atoms with van der Waals surface area (Å²) < 4.78 is 5.57. The van der Waals surface area contributed by atoms with Crippen LogP contribution in [0.2, 0.25) is 0 Å². The second-order valence-corrected chi connectivity index (χ2v) is 5.82. The third kappa shape index (κ3) is 6.36. The number of likely N-dealkylation sites (tertiary alicyclic amines) is 1. The zero-order chi connectivity index (χ0) is 13.5. The first-order chi connectivity index (χ1) is 8.47. The third-order valence-electron chi connectivity index (χ3n) is 3.16. The highest BCUT2D eigenvalue weighted by Gasteiger charge is 2.23. The average Bonchev–Trinajstić information content (AvgIpc) is 2.63. The summed E-state index contributed by atoms with van der Waals surface area (Å²) in [6.45, 7) is 11.6. The molecule has 0 aromatic carbocycles. The van der Waals surface area contributed by atoms with Crippen molar-refractivity contribution in [1.82, 2.24) is 10.2 Å². The lowest BCUT2D eigenvalue weighted by atomic mass is 10.1. The molecule has 0 aromatic heterocycles. The maximum atomic E-state index is 11.6. The van der Waals surface area contributed by atoms with Gasteiger partial charge in [0.2, 0.25) is 5.91 Å². The van der Waals surface area contributed by atoms with Gasteiger partial charge < -0.3 is 10.1 Å². The number of rotatable bonds is 7. The summed E-state index contributed by atoms with van der Waals surface area (Å²) in [6, 6.07) is 0.232. The number of nitrogens with one attached hydrogen (secondary N) is 1. The molecule has 0 unspecified atom stereocenters. The summed E-state index contributed by atoms with van der Waals surface area (Å²) in [5.74, 6) is 0.833. The zero-order valence-corrected chi connectivity index (χ0v) is 12.2. The molecule has 0 spiro atoms. The van der Waals surface area contributed by atoms with Crippen LogP contribution in [-0.4, -0.2) is 49.2 Å². The predicted molar refractivity (Wildman–Crippen MR) is 73.5 cm³/mol. The van der Waals surface area contributed by atoms with Gasteiger partial charge in [0.25, 0.3) is 0 Å². The highest BCUT2D eigenvalue weighted by Crippen LogP contribution is 2.19. The Labute approximate surface area is 111 Å². The molecule has 0 bridgehead atoms. The normalized spacial score (nSPS) is 20.9. The molecule has 1 heterocycles. The van der Waals surface area contributed by atoms with Gasteiger partial charge in [-0.05, 0) is 53.0 Å². The van der Waals surface area contributed by atoms with Gasteiger partial charge in [-0.1, -0.05) is 0 Å². The lowest BCUT2D eigenvalue weighted by molar-refractivity contribution is -0.122. The standard InChI is InChI=1S/C14H28N2O2/c1-11(2)15-14(17)10-16-7-5-13(9-16)6-8-18-12(3)4/h11-13H,5-10H2,1-4H3,(H,15,17)/t13-/m0/s1. The van der Waals surface area contributed by atoms with Crippen LogP contribution < -0.4 is 5.32 Å². The van der Waals surface area contributed by atoms with Crippen molar-refractivity contribution in [2.45, 2.75) is 52.7 Å². The summed E-state index contributed by atoms with van der Waals surface area (Å²) >= 11 is 0. The molecule has 1 N–H and O–H groups in total. The first-order valence-corrected chi connectivity index (χ1v) is 7.10. The number of nitrogens with zero attached hydrogens (tertiary/aromatic N) is 1. The Morgan fingerprint density at radius 1 is 1.39 bits per heavy atom. The number of carbonyl (C=O) groups excluding carboxylic acids is 1. The van der Waals surface area contributed by atoms with Gasteiger partial charge in [0.05, 0.1) is 12.6 Å². The SMILES string of the molecule is CC(C)NC(=O)CN1CC[C@@H](CCOC(C)C)C1. The van der Waals surface area contributed by atoms with Crippen LogP contribution in [0, 0.1) is 5.92 Å². The van der Waals surface area contributed by atoms with Gasteiger partial charge in [0.1, 0.15) is 0 Å². The highest BCUT2D eigenvalue weighted by molar-refractivity contribution is 5.78. The molecule has 18 heavy (non-hydrogen) atoms. The third-order valence-corrected chi connectivity index (χ3v) is 3.16. The molecule has 4 nitrogen and oxygen atoms in total. The van der Waals surface area contributed by atoms with Gasteiger partial charge in [-0.2, -0.15) is 0 Å². The monoisotopic (exact) mass is 256 g/mol. The number of ether oxygens (including phenoxy) is 1. The van der Waals surface area contributed by atoms with E-state index in [1.54, 1.807) is 0 Å². The smallest absolute Gasteiger partial charge is 0.234 e. The van der Waals surface area contributed by atoms with Gasteiger partial charge in [0.15, 0.2) is 0 Å². The molecule has 0 aliphatic carbocycles. The molecule has 0 saturated carbocycles. The molecule has 1 amide bonds. The Balaban J connectivity index is 2.14. The van der Waals surface area contributed by atoms with Crippen molar-refractivity contribution in [1.29, 1.82) is 0 Å². The van der Waals surface area contributed by atoms with E-state index in [9.17, 15) is 4.79 Å². The molecule has 1 saturated heterocycles. The van der Waals surface area contributed by atoms with Crippen molar-refractivity contribution in [3.8, 4) is 0 Å². The number of carbonyl (C=O) groups is 1. The minimum atomic E-state index is 0.143. The summed E-state index contributed by atoms with van der Waals surface area (Å²) in [7, 11) is 0. The Bertz CT molecular complexity index is 254. The second-order valence-electron chi connectivity index (χ2n) is 5.82. The predicted octanol–water partition coefficient (Wildman–Crippen LogP) is 1.65. The van der Waals surface area contributed by atoms with Crippen LogP contribution in [0.15, 0.2) is 0 Å². The maximum absolute atomic E-state index is 11.6. The molecule has 1 aliphatic rings. The first-order valence-electron chi connectivity index (χ1n) is 7.10. The number of hydrogen-bond donors (Lipinski definition) is 1. The quantitative estimate of drug-likeness (QED) is 0.753. The average molecular weight is 256 g/mol. The summed E-state index contributed by atoms with van der Waals surface area (Å²) in [6.07, 6.45) is 2.62. The molecule has 0 radical (unpaired) electrons. The number of hydrogen-bond acceptors (Lipinski definition) is 3. The molecule has 1 fully saturated rings. The fourth-order valence-corrected chi connectivity index (χ4v) is 2.33. The Morgan fingerprint density at radius 3 is 2.72 bits per heavy atom. The fraction of sp³-hybridized carbons (Fsp3) is 0.929. The van der Waals surface area contributed by atoms with Crippen molar-refractivity contribution in [2.75, 3.05) is 26.2 Å². The van der Waals surface area contributed by atoms with E-state index in [0.29, 0.717) is 18.6 Å². The minimum Gasteiger partial charge on any atom is -0.379 e. The molecule has 1 atom stereocenters. The summed E-state index contributed by atoms with van der Waals surface area (Å²) in [5, 5.41) is 2.94. The second kappa shape index (κ2) is 7.74. The van der Waals surface area contributed by atoms with Crippen LogP contribution in [0.5, 0.6) is 0 Å². The Morgan fingerprint density at radius 2 is 2.11 bits per heavy atom. The molecule has 106 valence electrons. The van der Waals surface area contributed by atoms with E-state index >= 15 is 0 Å². The van der Waals surface area contributed by atoms with Crippen molar-refractivity contribution in [3.05, 3.63) is 0 Å². The van der Waals surface area contributed by atoms with Crippen molar-refractivity contribution in [3.63, 3.8) is 0 Å². The molecular formula is C14H28N2O2. The minimum absolute atomic E-state index is 0.143. The van der Waals surface area contributed by atoms with E-state index in [-0.39, 0.29) is 11.9 Å². The van der Waals surface area contributed by atoms with Crippen molar-refractivity contribution in [2.24, 2.45) is 5.92 Å². The van der Waals surface area contributed by atoms with E-state index in [2.05, 4.69) is 24.1 Å². The molecular weight excluding hydrogens is 228 g/mol. The van der Waals surface area contributed by atoms with Crippen LogP contribution in [0.1, 0.15) is 40.5 Å². The lowest BCUT2D eigenvalue weighted by Gasteiger charge is -2.17. The molecule has 1 rings (SSSR count). The Hall–Kier alpha value is -0.610. The summed E-state index contributed by atoms with van der Waals surface area (Å²) in [4.78, 5) is 13.9. The van der Waals surface area contributed by atoms with Crippen LogP contribution >= 0.6 is 0 Å². The fourth-order valence-electron chi connectivity index (χ4n) is 2.33.